The Labute approximate surface area is 252 Å². The van der Waals surface area contributed by atoms with Crippen LogP contribution in [0.2, 0.25) is 0 Å². The molecule has 4 aromatic rings. The molecule has 3 unspecified atom stereocenters. The third-order valence-electron chi connectivity index (χ3n) is 8.58. The van der Waals surface area contributed by atoms with Crippen LogP contribution in [-0.2, 0) is 14.3 Å². The lowest BCUT2D eigenvalue weighted by Gasteiger charge is -2.25. The first-order valence-electron chi connectivity index (χ1n) is 14.5. The number of carbonyl (C=O) groups excluding carboxylic acids is 4. The van der Waals surface area contributed by atoms with E-state index < -0.39 is 23.3 Å². The van der Waals surface area contributed by atoms with E-state index in [9.17, 15) is 29.3 Å². The lowest BCUT2D eigenvalue weighted by Crippen LogP contribution is -2.30. The Morgan fingerprint density at radius 1 is 0.977 bits per heavy atom. The molecule has 0 spiro atoms. The van der Waals surface area contributed by atoms with E-state index in [1.165, 1.54) is 23.1 Å². The average molecular weight is 592 g/mol. The molecule has 0 bridgehead atoms. The maximum Gasteiger partial charge on any atom is 0.339 e. The Bertz CT molecular complexity index is 1850. The van der Waals surface area contributed by atoms with Crippen molar-refractivity contribution in [3.63, 3.8) is 0 Å². The van der Waals surface area contributed by atoms with Crippen molar-refractivity contribution < 1.29 is 28.8 Å². The minimum Gasteiger partial charge on any atom is -0.454 e. The molecule has 3 aromatic carbocycles. The molecule has 222 valence electrons. The number of ether oxygens (including phenoxy) is 1. The molecule has 2 amide bonds. The third-order valence-corrected chi connectivity index (χ3v) is 8.58. The van der Waals surface area contributed by atoms with E-state index in [0.717, 1.165) is 30.9 Å². The van der Waals surface area contributed by atoms with Crippen molar-refractivity contribution in [1.82, 2.24) is 4.98 Å². The van der Waals surface area contributed by atoms with E-state index in [-0.39, 0.29) is 40.5 Å². The summed E-state index contributed by atoms with van der Waals surface area (Å²) >= 11 is 0. The van der Waals surface area contributed by atoms with E-state index >= 15 is 0 Å². The quantitative estimate of drug-likeness (QED) is 0.0829. The molecule has 0 N–H and O–H groups in total. The van der Waals surface area contributed by atoms with Gasteiger partial charge in [-0.2, -0.15) is 0 Å². The fraction of sp³-hybridized carbons (Fsp3) is 0.265. The van der Waals surface area contributed by atoms with Crippen molar-refractivity contribution in [2.45, 2.75) is 33.1 Å². The molecule has 10 nitrogen and oxygen atoms in total. The number of nitro groups is 1. The maximum absolute atomic E-state index is 13.3. The molecule has 1 aliphatic heterocycles. The first kappa shape index (κ1) is 28.9. The predicted molar refractivity (Wildman–Crippen MR) is 162 cm³/mol. The zero-order valence-corrected chi connectivity index (χ0v) is 24.2. The van der Waals surface area contributed by atoms with Gasteiger partial charge in [0.2, 0.25) is 17.6 Å². The molecule has 1 aromatic heterocycles. The van der Waals surface area contributed by atoms with E-state index in [1.54, 1.807) is 42.5 Å². The summed E-state index contributed by atoms with van der Waals surface area (Å²) in [5.41, 5.74) is 3.06. The highest BCUT2D eigenvalue weighted by molar-refractivity contribution is 6.22. The van der Waals surface area contributed by atoms with Gasteiger partial charge in [-0.15, -0.1) is 0 Å². The number of Topliss-reactive ketones (excluding diaryl/α,β-unsaturated/α-hetero) is 1. The summed E-state index contributed by atoms with van der Waals surface area (Å²) in [5.74, 6) is -1.74. The Hall–Kier alpha value is -5.25. The summed E-state index contributed by atoms with van der Waals surface area (Å²) in [4.78, 5) is 68.9. The molecule has 3 atom stereocenters. The number of amides is 2. The van der Waals surface area contributed by atoms with E-state index in [1.807, 2.05) is 13.0 Å². The van der Waals surface area contributed by atoms with Crippen molar-refractivity contribution >= 4 is 45.8 Å². The number of carbonyl (C=O) groups is 4. The van der Waals surface area contributed by atoms with Gasteiger partial charge in [-0.1, -0.05) is 49.4 Å². The highest BCUT2D eigenvalue weighted by Gasteiger charge is 2.49. The van der Waals surface area contributed by atoms with Crippen molar-refractivity contribution in [3.05, 3.63) is 99.6 Å². The second-order valence-corrected chi connectivity index (χ2v) is 11.5. The number of rotatable bonds is 7. The molecule has 1 aliphatic carbocycles. The fourth-order valence-corrected chi connectivity index (χ4v) is 6.22. The number of pyridine rings is 1. The van der Waals surface area contributed by atoms with Crippen LogP contribution in [-0.4, -0.2) is 40.1 Å². The number of imide groups is 1. The van der Waals surface area contributed by atoms with Crippen LogP contribution >= 0.6 is 0 Å². The number of aryl methyl sites for hydroxylation is 1. The molecule has 6 rings (SSSR count). The van der Waals surface area contributed by atoms with Gasteiger partial charge in [0.25, 0.3) is 5.69 Å². The highest BCUT2D eigenvalue weighted by atomic mass is 16.6. The van der Waals surface area contributed by atoms with Gasteiger partial charge in [-0.05, 0) is 55.9 Å². The lowest BCUT2D eigenvalue weighted by molar-refractivity contribution is -0.384. The third kappa shape index (κ3) is 5.23. The number of ketones is 1. The molecular formula is C34H29N3O7. The number of aromatic nitrogens is 1. The molecule has 44 heavy (non-hydrogen) atoms. The Morgan fingerprint density at radius 2 is 1.70 bits per heavy atom. The average Bonchev–Trinajstić information content (AvgIpc) is 3.27. The number of fused-ring (bicyclic) bond motifs is 2. The van der Waals surface area contributed by atoms with Crippen LogP contribution in [0.15, 0.2) is 72.8 Å². The number of nitrogens with zero attached hydrogens (tertiary/aromatic N) is 3. The molecule has 2 aliphatic rings. The van der Waals surface area contributed by atoms with Crippen molar-refractivity contribution in [1.29, 1.82) is 0 Å². The maximum atomic E-state index is 13.3. The van der Waals surface area contributed by atoms with Gasteiger partial charge in [0.05, 0.1) is 39.2 Å². The second-order valence-electron chi connectivity index (χ2n) is 11.5. The molecule has 1 saturated carbocycles. The number of non-ortho nitro benzene ring substituents is 1. The number of nitro benzene ring substituents is 1. The number of anilines is 1. The second kappa shape index (κ2) is 11.4. The summed E-state index contributed by atoms with van der Waals surface area (Å²) in [6, 6.07) is 19.2. The summed E-state index contributed by atoms with van der Waals surface area (Å²) < 4.78 is 5.38. The Kier molecular flexibility index (Phi) is 7.50. The Balaban J connectivity index is 1.27. The zero-order valence-electron chi connectivity index (χ0n) is 24.2. The summed E-state index contributed by atoms with van der Waals surface area (Å²) in [5, 5.41) is 11.6. The van der Waals surface area contributed by atoms with Gasteiger partial charge in [0, 0.05) is 28.6 Å². The molecule has 1 saturated heterocycles. The van der Waals surface area contributed by atoms with Crippen LogP contribution in [0, 0.1) is 34.8 Å². The molecule has 2 heterocycles. The van der Waals surface area contributed by atoms with Crippen LogP contribution in [0.3, 0.4) is 0 Å². The fourth-order valence-electron chi connectivity index (χ4n) is 6.22. The van der Waals surface area contributed by atoms with Crippen LogP contribution < -0.4 is 4.90 Å². The topological polar surface area (TPSA) is 137 Å². The SMILES string of the molecule is Cc1cccc2c(C(=O)OCC(=O)c3cccc([N+](=O)[O-])c3)cc(-c3ccc(N4C(=O)C5CCC(C)CC5C4=O)cc3)nc12. The number of hydrogen-bond donors (Lipinski definition) is 0. The van der Waals surface area contributed by atoms with Gasteiger partial charge in [0.1, 0.15) is 0 Å². The van der Waals surface area contributed by atoms with Crippen molar-refractivity contribution in [3.8, 4) is 11.3 Å². The summed E-state index contributed by atoms with van der Waals surface area (Å²) in [7, 11) is 0. The van der Waals surface area contributed by atoms with Gasteiger partial charge < -0.3 is 4.74 Å². The van der Waals surface area contributed by atoms with Crippen molar-refractivity contribution in [2.75, 3.05) is 11.5 Å². The molecule has 2 fully saturated rings. The number of benzene rings is 3. The highest BCUT2D eigenvalue weighted by Crippen LogP contribution is 2.42. The minimum absolute atomic E-state index is 0.0620. The van der Waals surface area contributed by atoms with Gasteiger partial charge in [-0.25, -0.2) is 9.78 Å². The molecule has 0 radical (unpaired) electrons. The smallest absolute Gasteiger partial charge is 0.339 e. The number of hydrogen-bond acceptors (Lipinski definition) is 8. The lowest BCUT2D eigenvalue weighted by atomic mass is 9.76. The summed E-state index contributed by atoms with van der Waals surface area (Å²) in [6.45, 7) is 3.38. The van der Waals surface area contributed by atoms with Crippen molar-refractivity contribution in [2.24, 2.45) is 17.8 Å². The summed E-state index contributed by atoms with van der Waals surface area (Å²) in [6.07, 6.45) is 2.38. The Morgan fingerprint density at radius 3 is 2.45 bits per heavy atom. The van der Waals surface area contributed by atoms with Crippen LogP contribution in [0.25, 0.3) is 22.2 Å². The normalized spacial score (nSPS) is 19.6. The van der Waals surface area contributed by atoms with Crippen LogP contribution in [0.5, 0.6) is 0 Å². The molecule has 10 heteroatoms. The predicted octanol–water partition coefficient (Wildman–Crippen LogP) is 6.08. The van der Waals surface area contributed by atoms with Gasteiger partial charge in [0.15, 0.2) is 6.61 Å². The standard InChI is InChI=1S/C34H29N3O7/c1-19-9-14-26-27(15-19)33(40)36(32(26)39)23-12-10-21(11-13-23)29-17-28(25-8-3-5-20(2)31(25)35-29)34(41)44-18-30(38)22-6-4-7-24(16-22)37(42)43/h3-8,10-13,16-17,19,26-27H,9,14-15,18H2,1-2H3. The first-order valence-corrected chi connectivity index (χ1v) is 14.5. The van der Waals surface area contributed by atoms with E-state index in [2.05, 4.69) is 6.92 Å². The number of para-hydroxylation sites is 1. The van der Waals surface area contributed by atoms with Crippen LogP contribution in [0.4, 0.5) is 11.4 Å². The van der Waals surface area contributed by atoms with E-state index in [4.69, 9.17) is 9.72 Å². The number of esters is 1. The van der Waals surface area contributed by atoms with Crippen LogP contribution in [0.1, 0.15) is 52.5 Å². The first-order chi connectivity index (χ1) is 21.1. The minimum atomic E-state index is -0.746. The monoisotopic (exact) mass is 591 g/mol. The van der Waals surface area contributed by atoms with Gasteiger partial charge in [-0.3, -0.25) is 29.4 Å². The molecular weight excluding hydrogens is 562 g/mol. The van der Waals surface area contributed by atoms with Gasteiger partial charge >= 0.3 is 5.97 Å². The van der Waals surface area contributed by atoms with E-state index in [0.29, 0.717) is 33.8 Å². The zero-order chi connectivity index (χ0) is 31.1. The largest absolute Gasteiger partial charge is 0.454 e.